The summed E-state index contributed by atoms with van der Waals surface area (Å²) in [4.78, 5) is 65.8. The summed E-state index contributed by atoms with van der Waals surface area (Å²) in [6.45, 7) is 4.15. The van der Waals surface area contributed by atoms with Crippen LogP contribution in [0.5, 0.6) is 0 Å². The lowest BCUT2D eigenvalue weighted by Crippen LogP contribution is -2.44. The van der Waals surface area contributed by atoms with Gasteiger partial charge in [-0.1, -0.05) is 12.1 Å². The number of carbonyl (C=O) groups excluding carboxylic acids is 4. The van der Waals surface area contributed by atoms with E-state index in [1.165, 1.54) is 16.5 Å². The minimum Gasteiger partial charge on any atom is -0.378 e. The number of fused-ring (bicyclic) bond motifs is 1. The highest BCUT2D eigenvalue weighted by Gasteiger charge is 2.40. The molecule has 2 atom stereocenters. The number of ether oxygens (including phenoxy) is 2. The van der Waals surface area contributed by atoms with Crippen LogP contribution in [0.25, 0.3) is 22.0 Å². The molecule has 4 heterocycles. The number of likely N-dealkylation sites (tertiary alicyclic amines) is 1. The number of carbonyl (C=O) groups is 4. The normalized spacial score (nSPS) is 15.8. The van der Waals surface area contributed by atoms with Gasteiger partial charge in [0, 0.05) is 56.1 Å². The van der Waals surface area contributed by atoms with Crippen molar-refractivity contribution in [3.8, 4) is 11.1 Å². The van der Waals surface area contributed by atoms with E-state index >= 15 is 0 Å². The first-order chi connectivity index (χ1) is 24.0. The molecule has 1 aliphatic heterocycles. The van der Waals surface area contributed by atoms with Crippen molar-refractivity contribution in [3.63, 3.8) is 0 Å². The first-order valence-electron chi connectivity index (χ1n) is 16.1. The molecule has 0 saturated carbocycles. The van der Waals surface area contributed by atoms with Gasteiger partial charge in [0.1, 0.15) is 47.3 Å². The van der Waals surface area contributed by atoms with Crippen LogP contribution in [0.4, 0.5) is 10.2 Å². The van der Waals surface area contributed by atoms with Crippen LogP contribution in [0.1, 0.15) is 41.6 Å². The molecule has 3 aromatic heterocycles. The Kier molecular flexibility index (Phi) is 12.5. The van der Waals surface area contributed by atoms with Gasteiger partial charge in [-0.3, -0.25) is 23.9 Å². The van der Waals surface area contributed by atoms with Gasteiger partial charge in [0.25, 0.3) is 0 Å². The summed E-state index contributed by atoms with van der Waals surface area (Å²) >= 11 is 3.28. The second kappa shape index (κ2) is 16.9. The Morgan fingerprint density at radius 3 is 2.56 bits per heavy atom. The first-order valence-corrected chi connectivity index (χ1v) is 16.9. The molecule has 0 unspecified atom stereocenters. The molecule has 1 saturated heterocycles. The Balaban J connectivity index is 1.25. The number of alkyl halides is 1. The molecule has 1 fully saturated rings. The maximum Gasteiger partial charge on any atom is 0.248 e. The molecule has 5 rings (SSSR count). The number of amides is 2. The van der Waals surface area contributed by atoms with Crippen molar-refractivity contribution in [2.75, 3.05) is 44.8 Å². The standard InChI is InChI=1S/C34H38BrFN8O6/c1-20-3-7-29(35)40-33(20)41-34(48)28-14-24(36)17-43(28)31(47)18-44-27-6-4-22(13-26(27)32(42-44)21(2)45)23-15-38-30(39-16-23)8-5-25(46)19-50-12-11-49-10-9-37/h3-4,6-7,13,15-16,24,28H,5,8-12,14,17-19,37H2,1-2H3,(H,40,41,48)/t24-,28+/m1/s1. The molecule has 264 valence electrons. The van der Waals surface area contributed by atoms with E-state index < -0.39 is 24.0 Å². The van der Waals surface area contributed by atoms with Crippen LogP contribution in [0.3, 0.4) is 0 Å². The average molecular weight is 754 g/mol. The number of anilines is 1. The third-order valence-electron chi connectivity index (χ3n) is 8.11. The predicted molar refractivity (Wildman–Crippen MR) is 185 cm³/mol. The maximum absolute atomic E-state index is 14.6. The van der Waals surface area contributed by atoms with E-state index in [1.54, 1.807) is 49.6 Å². The van der Waals surface area contributed by atoms with Crippen LogP contribution in [0.15, 0.2) is 47.3 Å². The number of aromatic nitrogens is 5. The van der Waals surface area contributed by atoms with E-state index in [9.17, 15) is 23.6 Å². The summed E-state index contributed by atoms with van der Waals surface area (Å²) in [6, 6.07) is 7.77. The predicted octanol–water partition coefficient (Wildman–Crippen LogP) is 3.23. The van der Waals surface area contributed by atoms with E-state index in [2.05, 4.69) is 41.3 Å². The number of ketones is 2. The highest BCUT2D eigenvalue weighted by molar-refractivity contribution is 9.10. The summed E-state index contributed by atoms with van der Waals surface area (Å²) in [5, 5.41) is 7.66. The molecule has 0 spiro atoms. The molecule has 50 heavy (non-hydrogen) atoms. The van der Waals surface area contributed by atoms with Gasteiger partial charge >= 0.3 is 0 Å². The molecule has 4 aromatic rings. The van der Waals surface area contributed by atoms with E-state index in [4.69, 9.17) is 15.2 Å². The number of hydrogen-bond acceptors (Lipinski definition) is 11. The summed E-state index contributed by atoms with van der Waals surface area (Å²) in [5.74, 6) is -0.621. The number of nitrogens with zero attached hydrogens (tertiary/aromatic N) is 6. The van der Waals surface area contributed by atoms with Crippen molar-refractivity contribution in [2.45, 2.75) is 51.9 Å². The minimum atomic E-state index is -1.38. The number of rotatable bonds is 16. The van der Waals surface area contributed by atoms with Crippen LogP contribution in [0, 0.1) is 6.92 Å². The zero-order chi connectivity index (χ0) is 35.8. The molecule has 0 bridgehead atoms. The number of Topliss-reactive ketones (excluding diaryl/α,β-unsaturated/α-hetero) is 2. The molecular weight excluding hydrogens is 715 g/mol. The molecule has 0 aliphatic carbocycles. The number of nitrogens with two attached hydrogens (primary N) is 1. The fourth-order valence-electron chi connectivity index (χ4n) is 5.54. The van der Waals surface area contributed by atoms with Crippen LogP contribution in [-0.4, -0.2) is 105 Å². The van der Waals surface area contributed by atoms with Gasteiger partial charge in [0.05, 0.1) is 31.9 Å². The van der Waals surface area contributed by atoms with Crippen molar-refractivity contribution >= 4 is 56.0 Å². The molecule has 1 aromatic carbocycles. The smallest absolute Gasteiger partial charge is 0.248 e. The molecule has 14 nitrogen and oxygen atoms in total. The SMILES string of the molecule is CC(=O)c1nn(CC(=O)N2C[C@H](F)C[C@H]2C(=O)Nc2nc(Br)ccc2C)c2ccc(-c3cnc(CCC(=O)COCCOCCN)nc3)cc12. The van der Waals surface area contributed by atoms with Crippen molar-refractivity contribution in [3.05, 3.63) is 64.4 Å². The van der Waals surface area contributed by atoms with Crippen LogP contribution < -0.4 is 11.1 Å². The molecule has 3 N–H and O–H groups in total. The van der Waals surface area contributed by atoms with Gasteiger partial charge in [-0.2, -0.15) is 5.10 Å². The average Bonchev–Trinajstić information content (AvgIpc) is 3.67. The molecule has 2 amide bonds. The number of aryl methyl sites for hydroxylation is 2. The number of benzene rings is 1. The van der Waals surface area contributed by atoms with E-state index in [0.29, 0.717) is 76.6 Å². The Hall–Kier alpha value is -4.51. The molecular formula is C34H38BrFN8O6. The highest BCUT2D eigenvalue weighted by atomic mass is 79.9. The fourth-order valence-corrected chi connectivity index (χ4v) is 5.85. The quantitative estimate of drug-likeness (QED) is 0.0973. The lowest BCUT2D eigenvalue weighted by Gasteiger charge is -2.24. The second-order valence-electron chi connectivity index (χ2n) is 11.9. The largest absolute Gasteiger partial charge is 0.378 e. The Morgan fingerprint density at radius 2 is 1.82 bits per heavy atom. The Labute approximate surface area is 296 Å². The van der Waals surface area contributed by atoms with E-state index in [-0.39, 0.29) is 49.8 Å². The van der Waals surface area contributed by atoms with Crippen molar-refractivity contribution in [1.82, 2.24) is 29.6 Å². The molecule has 0 radical (unpaired) electrons. The third-order valence-corrected chi connectivity index (χ3v) is 8.55. The zero-order valence-corrected chi connectivity index (χ0v) is 29.3. The van der Waals surface area contributed by atoms with Crippen molar-refractivity contribution in [2.24, 2.45) is 5.73 Å². The van der Waals surface area contributed by atoms with Gasteiger partial charge < -0.3 is 25.4 Å². The molecule has 1 aliphatic rings. The lowest BCUT2D eigenvalue weighted by atomic mass is 10.0. The first kappa shape index (κ1) is 36.8. The van der Waals surface area contributed by atoms with Crippen LogP contribution in [-0.2, 0) is 36.8 Å². The fraction of sp³-hybridized carbons (Fsp3) is 0.412. The number of halogens is 2. The van der Waals surface area contributed by atoms with Gasteiger partial charge in [0.2, 0.25) is 11.8 Å². The van der Waals surface area contributed by atoms with Crippen molar-refractivity contribution in [1.29, 1.82) is 0 Å². The Bertz CT molecular complexity index is 1870. The van der Waals surface area contributed by atoms with Crippen LogP contribution in [0.2, 0.25) is 0 Å². The van der Waals surface area contributed by atoms with Crippen LogP contribution >= 0.6 is 15.9 Å². The van der Waals surface area contributed by atoms with Gasteiger partial charge in [-0.25, -0.2) is 19.3 Å². The third kappa shape index (κ3) is 9.18. The van der Waals surface area contributed by atoms with Crippen molar-refractivity contribution < 1.29 is 33.0 Å². The second-order valence-corrected chi connectivity index (χ2v) is 12.7. The minimum absolute atomic E-state index is 0.0177. The summed E-state index contributed by atoms with van der Waals surface area (Å²) < 4.78 is 27.1. The summed E-state index contributed by atoms with van der Waals surface area (Å²) in [7, 11) is 0. The monoisotopic (exact) mass is 752 g/mol. The van der Waals surface area contributed by atoms with E-state index in [1.807, 2.05) is 0 Å². The Morgan fingerprint density at radius 1 is 1.06 bits per heavy atom. The number of pyridine rings is 1. The number of nitrogens with one attached hydrogen (secondary N) is 1. The zero-order valence-electron chi connectivity index (χ0n) is 27.7. The van der Waals surface area contributed by atoms with Gasteiger partial charge in [0.15, 0.2) is 11.6 Å². The summed E-state index contributed by atoms with van der Waals surface area (Å²) in [6.07, 6.45) is 2.32. The maximum atomic E-state index is 14.6. The molecule has 16 heteroatoms. The van der Waals surface area contributed by atoms with E-state index in [0.717, 1.165) is 0 Å². The van der Waals surface area contributed by atoms with Gasteiger partial charge in [-0.05, 0) is 52.2 Å². The number of hydrogen-bond donors (Lipinski definition) is 2. The summed E-state index contributed by atoms with van der Waals surface area (Å²) in [5.41, 5.74) is 8.14. The topological polar surface area (TPSA) is 185 Å². The highest BCUT2D eigenvalue weighted by Crippen LogP contribution is 2.28. The lowest BCUT2D eigenvalue weighted by molar-refractivity contribution is -0.137. The van der Waals surface area contributed by atoms with Gasteiger partial charge in [-0.15, -0.1) is 0 Å².